The fraction of sp³-hybridized carbons (Fsp3) is 0.176. The Kier molecular flexibility index (Phi) is 6.20. The van der Waals surface area contributed by atoms with Crippen molar-refractivity contribution >= 4 is 40.8 Å². The van der Waals surface area contributed by atoms with E-state index < -0.39 is 24.1 Å². The van der Waals surface area contributed by atoms with E-state index in [9.17, 15) is 14.7 Å². The minimum atomic E-state index is -1.46. The zero-order valence-electron chi connectivity index (χ0n) is 12.7. The van der Waals surface area contributed by atoms with Crippen molar-refractivity contribution < 1.29 is 19.4 Å². The molecule has 0 saturated heterocycles. The lowest BCUT2D eigenvalue weighted by atomic mass is 10.1. The molecule has 0 heterocycles. The number of anilines is 1. The van der Waals surface area contributed by atoms with Gasteiger partial charge in [0, 0.05) is 15.7 Å². The Bertz CT molecular complexity index is 716. The summed E-state index contributed by atoms with van der Waals surface area (Å²) in [6.45, 7) is 1.40. The molecule has 0 bridgehead atoms. The highest BCUT2D eigenvalue weighted by atomic mass is 35.5. The van der Waals surface area contributed by atoms with Gasteiger partial charge in [-0.1, -0.05) is 53.5 Å². The molecule has 2 rings (SSSR count). The largest absolute Gasteiger partial charge is 0.450 e. The maximum absolute atomic E-state index is 12.1. The van der Waals surface area contributed by atoms with Crippen LogP contribution in [0.2, 0.25) is 10.0 Å². The van der Waals surface area contributed by atoms with E-state index in [-0.39, 0.29) is 0 Å². The Morgan fingerprint density at radius 3 is 2.25 bits per heavy atom. The molecule has 1 amide bonds. The van der Waals surface area contributed by atoms with Crippen molar-refractivity contribution in [3.05, 3.63) is 64.1 Å². The Balaban J connectivity index is 1.97. The van der Waals surface area contributed by atoms with Crippen molar-refractivity contribution in [1.29, 1.82) is 0 Å². The van der Waals surface area contributed by atoms with Crippen LogP contribution >= 0.6 is 23.2 Å². The smallest absolute Gasteiger partial charge is 0.340 e. The zero-order chi connectivity index (χ0) is 17.7. The van der Waals surface area contributed by atoms with E-state index in [0.717, 1.165) is 0 Å². The lowest BCUT2D eigenvalue weighted by molar-refractivity contribution is -0.162. The fourth-order valence-corrected chi connectivity index (χ4v) is 2.46. The first kappa shape index (κ1) is 18.3. The van der Waals surface area contributed by atoms with E-state index in [1.165, 1.54) is 25.1 Å². The van der Waals surface area contributed by atoms with Crippen molar-refractivity contribution in [1.82, 2.24) is 0 Å². The highest BCUT2D eigenvalue weighted by Gasteiger charge is 2.24. The molecule has 0 aliphatic rings. The Labute approximate surface area is 149 Å². The summed E-state index contributed by atoms with van der Waals surface area (Å²) in [5.74, 6) is -1.48. The number of amides is 1. The van der Waals surface area contributed by atoms with Crippen LogP contribution in [0.5, 0.6) is 0 Å². The predicted molar refractivity (Wildman–Crippen MR) is 92.0 cm³/mol. The monoisotopic (exact) mass is 367 g/mol. The van der Waals surface area contributed by atoms with Gasteiger partial charge in [-0.25, -0.2) is 4.79 Å². The number of aliphatic hydroxyl groups is 1. The molecule has 24 heavy (non-hydrogen) atoms. The normalized spacial score (nSPS) is 13.0. The van der Waals surface area contributed by atoms with E-state index in [1.54, 1.807) is 30.3 Å². The third kappa shape index (κ3) is 4.96. The molecule has 0 spiro atoms. The van der Waals surface area contributed by atoms with E-state index in [4.69, 9.17) is 27.9 Å². The summed E-state index contributed by atoms with van der Waals surface area (Å²) in [5, 5.41) is 13.2. The fourth-order valence-electron chi connectivity index (χ4n) is 1.93. The first-order chi connectivity index (χ1) is 11.4. The molecular formula is C17H15Cl2NO4. The molecule has 0 aliphatic heterocycles. The number of esters is 1. The summed E-state index contributed by atoms with van der Waals surface area (Å²) in [7, 11) is 0. The molecule has 7 heteroatoms. The van der Waals surface area contributed by atoms with Gasteiger partial charge in [0.25, 0.3) is 5.91 Å². The molecule has 2 aromatic carbocycles. The van der Waals surface area contributed by atoms with E-state index in [2.05, 4.69) is 5.32 Å². The number of carbonyl (C=O) groups is 2. The van der Waals surface area contributed by atoms with E-state index in [1.807, 2.05) is 0 Å². The Morgan fingerprint density at radius 1 is 1.08 bits per heavy atom. The SMILES string of the molecule is C[C@@H](OC(=O)[C@H](O)c1ccccc1)C(=O)Nc1cc(Cl)cc(Cl)c1. The van der Waals surface area contributed by atoms with Crippen molar-refractivity contribution in [2.45, 2.75) is 19.1 Å². The van der Waals surface area contributed by atoms with Gasteiger partial charge in [-0.3, -0.25) is 4.79 Å². The third-order valence-corrected chi connectivity index (χ3v) is 3.57. The van der Waals surface area contributed by atoms with Gasteiger partial charge >= 0.3 is 5.97 Å². The van der Waals surface area contributed by atoms with Crippen LogP contribution in [0.25, 0.3) is 0 Å². The highest BCUT2D eigenvalue weighted by molar-refractivity contribution is 6.35. The second-order valence-corrected chi connectivity index (χ2v) is 5.91. The van der Waals surface area contributed by atoms with Crippen molar-refractivity contribution in [2.24, 2.45) is 0 Å². The predicted octanol–water partition coefficient (Wildman–Crippen LogP) is 3.60. The summed E-state index contributed by atoms with van der Waals surface area (Å²) < 4.78 is 4.99. The topological polar surface area (TPSA) is 75.6 Å². The molecule has 0 aromatic heterocycles. The number of halogens is 2. The first-order valence-corrected chi connectivity index (χ1v) is 7.83. The third-order valence-electron chi connectivity index (χ3n) is 3.13. The highest BCUT2D eigenvalue weighted by Crippen LogP contribution is 2.23. The van der Waals surface area contributed by atoms with Crippen molar-refractivity contribution in [3.63, 3.8) is 0 Å². The minimum absolute atomic E-state index is 0.363. The van der Waals surface area contributed by atoms with Gasteiger partial charge in [0.05, 0.1) is 0 Å². The average molecular weight is 368 g/mol. The van der Waals surface area contributed by atoms with Crippen LogP contribution in [0.3, 0.4) is 0 Å². The number of ether oxygens (including phenoxy) is 1. The van der Waals surface area contributed by atoms with Crippen LogP contribution < -0.4 is 5.32 Å². The number of hydrogen-bond acceptors (Lipinski definition) is 4. The zero-order valence-corrected chi connectivity index (χ0v) is 14.2. The van der Waals surface area contributed by atoms with Gasteiger partial charge < -0.3 is 15.2 Å². The first-order valence-electron chi connectivity index (χ1n) is 7.07. The van der Waals surface area contributed by atoms with E-state index in [0.29, 0.717) is 21.3 Å². The number of hydrogen-bond donors (Lipinski definition) is 2. The minimum Gasteiger partial charge on any atom is -0.450 e. The molecule has 0 saturated carbocycles. The van der Waals surface area contributed by atoms with Gasteiger partial charge in [0.15, 0.2) is 12.2 Å². The lowest BCUT2D eigenvalue weighted by Gasteiger charge is -2.16. The number of rotatable bonds is 5. The average Bonchev–Trinajstić information content (AvgIpc) is 2.53. The summed E-state index contributed by atoms with van der Waals surface area (Å²) in [6, 6.07) is 12.9. The molecule has 0 unspecified atom stereocenters. The van der Waals surface area contributed by atoms with Crippen molar-refractivity contribution in [3.8, 4) is 0 Å². The summed E-state index contributed by atoms with van der Waals surface area (Å²) in [5.41, 5.74) is 0.765. The molecule has 2 aromatic rings. The van der Waals surface area contributed by atoms with Gasteiger partial charge in [-0.05, 0) is 30.7 Å². The lowest BCUT2D eigenvalue weighted by Crippen LogP contribution is -2.31. The second kappa shape index (κ2) is 8.15. The second-order valence-electron chi connectivity index (χ2n) is 5.04. The molecule has 0 fully saturated rings. The van der Waals surface area contributed by atoms with Gasteiger partial charge in [-0.15, -0.1) is 0 Å². The Hall–Kier alpha value is -2.08. The molecule has 0 aliphatic carbocycles. The van der Waals surface area contributed by atoms with Crippen LogP contribution in [-0.4, -0.2) is 23.1 Å². The van der Waals surface area contributed by atoms with Crippen LogP contribution in [0.15, 0.2) is 48.5 Å². The molecule has 2 atom stereocenters. The number of benzene rings is 2. The molecule has 0 radical (unpaired) electrons. The standard InChI is InChI=1S/C17H15Cl2NO4/c1-10(16(22)20-14-8-12(18)7-13(19)9-14)24-17(23)15(21)11-5-3-2-4-6-11/h2-10,15,21H,1H3,(H,20,22)/t10-,15-/m1/s1. The molecule has 5 nitrogen and oxygen atoms in total. The summed E-state index contributed by atoms with van der Waals surface area (Å²) in [6.07, 6.45) is -2.56. The van der Waals surface area contributed by atoms with Crippen molar-refractivity contribution in [2.75, 3.05) is 5.32 Å². The van der Waals surface area contributed by atoms with Gasteiger partial charge in [0.1, 0.15) is 0 Å². The van der Waals surface area contributed by atoms with Gasteiger partial charge in [0.2, 0.25) is 0 Å². The number of nitrogens with one attached hydrogen (secondary N) is 1. The molecule has 126 valence electrons. The van der Waals surface area contributed by atoms with Crippen LogP contribution in [-0.2, 0) is 14.3 Å². The molecule has 2 N–H and O–H groups in total. The quantitative estimate of drug-likeness (QED) is 0.791. The maximum Gasteiger partial charge on any atom is 0.340 e. The molecular weight excluding hydrogens is 353 g/mol. The summed E-state index contributed by atoms with van der Waals surface area (Å²) in [4.78, 5) is 24.0. The van der Waals surface area contributed by atoms with Crippen LogP contribution in [0.4, 0.5) is 5.69 Å². The van der Waals surface area contributed by atoms with Crippen LogP contribution in [0.1, 0.15) is 18.6 Å². The number of carbonyl (C=O) groups excluding carboxylic acids is 2. The maximum atomic E-state index is 12.1. The van der Waals surface area contributed by atoms with Gasteiger partial charge in [-0.2, -0.15) is 0 Å². The van der Waals surface area contributed by atoms with Crippen LogP contribution in [0, 0.1) is 0 Å². The number of aliphatic hydroxyl groups excluding tert-OH is 1. The van der Waals surface area contributed by atoms with E-state index >= 15 is 0 Å². The Morgan fingerprint density at radius 2 is 1.67 bits per heavy atom. The summed E-state index contributed by atoms with van der Waals surface area (Å²) >= 11 is 11.7.